The van der Waals surface area contributed by atoms with Gasteiger partial charge in [0, 0.05) is 26.1 Å². The number of hydrogen-bond acceptors (Lipinski definition) is 3. The van der Waals surface area contributed by atoms with E-state index in [1.54, 1.807) is 6.92 Å². The molecule has 0 aliphatic rings. The molecule has 0 aromatic rings. The lowest BCUT2D eigenvalue weighted by Gasteiger charge is -2.31. The van der Waals surface area contributed by atoms with Gasteiger partial charge in [-0.05, 0) is 12.8 Å². The molecule has 0 spiro atoms. The van der Waals surface area contributed by atoms with Gasteiger partial charge >= 0.3 is 6.09 Å². The van der Waals surface area contributed by atoms with Gasteiger partial charge < -0.3 is 10.0 Å². The predicted molar refractivity (Wildman–Crippen MR) is 63.4 cm³/mol. The Morgan fingerprint density at radius 2 is 1.88 bits per heavy atom. The lowest BCUT2D eigenvalue weighted by Crippen LogP contribution is -2.45. The zero-order valence-corrected chi connectivity index (χ0v) is 11.1. The summed E-state index contributed by atoms with van der Waals surface area (Å²) in [7, 11) is 2.91. The van der Waals surface area contributed by atoms with Crippen LogP contribution in [0.4, 0.5) is 4.79 Å². The zero-order valence-electron chi connectivity index (χ0n) is 11.1. The first-order valence-electron chi connectivity index (χ1n) is 5.65. The predicted octanol–water partition coefficient (Wildman–Crippen LogP) is 1.42. The molecule has 0 aliphatic heterocycles. The molecule has 0 saturated carbocycles. The van der Waals surface area contributed by atoms with Gasteiger partial charge in [-0.1, -0.05) is 13.8 Å². The van der Waals surface area contributed by atoms with Crippen LogP contribution in [0.5, 0.6) is 0 Å². The molecule has 0 fully saturated rings. The summed E-state index contributed by atoms with van der Waals surface area (Å²) < 4.78 is 0. The highest BCUT2D eigenvalue weighted by atomic mass is 16.7. The molecule has 0 bridgehead atoms. The van der Waals surface area contributed by atoms with Crippen LogP contribution in [0.15, 0.2) is 0 Å². The van der Waals surface area contributed by atoms with Crippen LogP contribution in [0, 0.1) is 5.92 Å². The number of nitrogens with zero attached hydrogens (tertiary/aromatic N) is 2. The number of hydrogen-bond donors (Lipinski definition) is 1. The number of hydroxylamine groups is 2. The molecule has 0 saturated heterocycles. The number of carboxylic acid groups (broad SMARTS) is 1. The number of amides is 2. The first kappa shape index (κ1) is 15.7. The fourth-order valence-electron chi connectivity index (χ4n) is 1.63. The van der Waals surface area contributed by atoms with E-state index >= 15 is 0 Å². The molecule has 0 unspecified atom stereocenters. The van der Waals surface area contributed by atoms with E-state index in [2.05, 4.69) is 0 Å². The molecule has 0 aromatic heterocycles. The van der Waals surface area contributed by atoms with E-state index in [0.717, 1.165) is 5.06 Å². The van der Waals surface area contributed by atoms with Crippen LogP contribution in [0.25, 0.3) is 0 Å². The van der Waals surface area contributed by atoms with Crippen molar-refractivity contribution in [2.75, 3.05) is 20.7 Å². The van der Waals surface area contributed by atoms with E-state index in [1.807, 2.05) is 13.8 Å². The van der Waals surface area contributed by atoms with Crippen LogP contribution < -0.4 is 0 Å². The standard InChI is InChI=1S/C11H22N2O4/c1-6-13(11(15)16)9(8(2)3)7-10(14)12(4)17-5/h8-9H,6-7H2,1-5H3,(H,15,16)/t9-/m1/s1. The fraction of sp³-hybridized carbons (Fsp3) is 0.818. The molecule has 6 heteroatoms. The van der Waals surface area contributed by atoms with Crippen LogP contribution in [0.2, 0.25) is 0 Å². The minimum absolute atomic E-state index is 0.0697. The molecule has 1 N–H and O–H groups in total. The second kappa shape index (κ2) is 7.11. The molecule has 0 heterocycles. The van der Waals surface area contributed by atoms with Crippen molar-refractivity contribution in [1.29, 1.82) is 0 Å². The Kier molecular flexibility index (Phi) is 6.57. The second-order valence-corrected chi connectivity index (χ2v) is 4.16. The summed E-state index contributed by atoms with van der Waals surface area (Å²) >= 11 is 0. The first-order valence-corrected chi connectivity index (χ1v) is 5.65. The van der Waals surface area contributed by atoms with Crippen LogP contribution in [0.1, 0.15) is 27.2 Å². The van der Waals surface area contributed by atoms with E-state index in [0.29, 0.717) is 6.54 Å². The van der Waals surface area contributed by atoms with Gasteiger partial charge in [-0.25, -0.2) is 9.86 Å². The number of carbonyl (C=O) groups is 2. The van der Waals surface area contributed by atoms with Crippen molar-refractivity contribution in [3.63, 3.8) is 0 Å². The van der Waals surface area contributed by atoms with E-state index in [4.69, 9.17) is 9.94 Å². The highest BCUT2D eigenvalue weighted by Gasteiger charge is 2.28. The number of rotatable bonds is 6. The highest BCUT2D eigenvalue weighted by Crippen LogP contribution is 2.16. The Morgan fingerprint density at radius 3 is 2.18 bits per heavy atom. The van der Waals surface area contributed by atoms with E-state index < -0.39 is 6.09 Å². The van der Waals surface area contributed by atoms with Gasteiger partial charge in [-0.2, -0.15) is 0 Å². The van der Waals surface area contributed by atoms with Crippen LogP contribution >= 0.6 is 0 Å². The van der Waals surface area contributed by atoms with E-state index in [-0.39, 0.29) is 24.3 Å². The normalized spacial score (nSPS) is 12.4. The third-order valence-electron chi connectivity index (χ3n) is 2.77. The molecule has 0 rings (SSSR count). The Hall–Kier alpha value is -1.30. The maximum absolute atomic E-state index is 11.7. The average molecular weight is 246 g/mol. The topological polar surface area (TPSA) is 70.1 Å². The molecule has 6 nitrogen and oxygen atoms in total. The minimum Gasteiger partial charge on any atom is -0.465 e. The molecule has 17 heavy (non-hydrogen) atoms. The zero-order chi connectivity index (χ0) is 13.6. The van der Waals surface area contributed by atoms with Crippen LogP contribution in [-0.2, 0) is 9.63 Å². The Morgan fingerprint density at radius 1 is 1.35 bits per heavy atom. The summed E-state index contributed by atoms with van der Waals surface area (Å²) in [5, 5.41) is 10.2. The largest absolute Gasteiger partial charge is 0.465 e. The van der Waals surface area contributed by atoms with Crippen molar-refractivity contribution < 1.29 is 19.5 Å². The van der Waals surface area contributed by atoms with Gasteiger partial charge in [0.1, 0.15) is 0 Å². The quantitative estimate of drug-likeness (QED) is 0.720. The van der Waals surface area contributed by atoms with E-state index in [1.165, 1.54) is 19.1 Å². The monoisotopic (exact) mass is 246 g/mol. The maximum Gasteiger partial charge on any atom is 0.407 e. The summed E-state index contributed by atoms with van der Waals surface area (Å²) in [6.45, 7) is 5.92. The van der Waals surface area contributed by atoms with Gasteiger partial charge in [0.05, 0.1) is 7.11 Å². The van der Waals surface area contributed by atoms with Crippen molar-refractivity contribution in [3.8, 4) is 0 Å². The summed E-state index contributed by atoms with van der Waals surface area (Å²) in [5.41, 5.74) is 0. The summed E-state index contributed by atoms with van der Waals surface area (Å²) in [6.07, 6.45) is -0.874. The fourth-order valence-corrected chi connectivity index (χ4v) is 1.63. The molecule has 1 atom stereocenters. The van der Waals surface area contributed by atoms with Gasteiger partial charge in [0.2, 0.25) is 5.91 Å². The Balaban J connectivity index is 4.75. The summed E-state index contributed by atoms with van der Waals surface area (Å²) in [4.78, 5) is 28.8. The highest BCUT2D eigenvalue weighted by molar-refractivity contribution is 5.76. The van der Waals surface area contributed by atoms with Crippen molar-refractivity contribution in [3.05, 3.63) is 0 Å². The van der Waals surface area contributed by atoms with Crippen molar-refractivity contribution in [2.45, 2.75) is 33.2 Å². The van der Waals surface area contributed by atoms with Gasteiger partial charge in [-0.15, -0.1) is 0 Å². The molecular formula is C11H22N2O4. The van der Waals surface area contributed by atoms with Crippen molar-refractivity contribution in [2.24, 2.45) is 5.92 Å². The number of carbonyl (C=O) groups excluding carboxylic acids is 1. The molecular weight excluding hydrogens is 224 g/mol. The smallest absolute Gasteiger partial charge is 0.407 e. The Labute approximate surface area is 102 Å². The molecule has 0 aromatic carbocycles. The molecule has 2 amide bonds. The lowest BCUT2D eigenvalue weighted by molar-refractivity contribution is -0.170. The summed E-state index contributed by atoms with van der Waals surface area (Å²) in [5.74, 6) is -0.161. The van der Waals surface area contributed by atoms with Crippen LogP contribution in [-0.4, -0.2) is 53.8 Å². The molecule has 100 valence electrons. The van der Waals surface area contributed by atoms with Gasteiger partial charge in [0.15, 0.2) is 0 Å². The van der Waals surface area contributed by atoms with Crippen molar-refractivity contribution >= 4 is 12.0 Å². The molecule has 0 radical (unpaired) electrons. The first-order chi connectivity index (χ1) is 7.84. The van der Waals surface area contributed by atoms with Crippen LogP contribution in [0.3, 0.4) is 0 Å². The molecule has 0 aliphatic carbocycles. The van der Waals surface area contributed by atoms with E-state index in [9.17, 15) is 9.59 Å². The van der Waals surface area contributed by atoms with Crippen molar-refractivity contribution in [1.82, 2.24) is 9.96 Å². The third-order valence-corrected chi connectivity index (χ3v) is 2.77. The lowest BCUT2D eigenvalue weighted by atomic mass is 9.99. The minimum atomic E-state index is -1.00. The van der Waals surface area contributed by atoms with Gasteiger partial charge in [-0.3, -0.25) is 9.63 Å². The average Bonchev–Trinajstić information content (AvgIpc) is 2.26. The summed E-state index contributed by atoms with van der Waals surface area (Å²) in [6, 6.07) is -0.331. The van der Waals surface area contributed by atoms with Gasteiger partial charge in [0.25, 0.3) is 0 Å². The Bertz CT molecular complexity index is 268. The maximum atomic E-state index is 11.7. The third kappa shape index (κ3) is 4.60. The SMILES string of the molecule is CCN(C(=O)O)[C@H](CC(=O)N(C)OC)C(C)C. The second-order valence-electron chi connectivity index (χ2n) is 4.16.